The lowest BCUT2D eigenvalue weighted by molar-refractivity contribution is -0.384. The van der Waals surface area contributed by atoms with Gasteiger partial charge in [-0.25, -0.2) is 4.98 Å². The zero-order chi connectivity index (χ0) is 13.7. The second-order valence-electron chi connectivity index (χ2n) is 4.59. The summed E-state index contributed by atoms with van der Waals surface area (Å²) >= 11 is 0. The molecule has 1 aliphatic heterocycles. The highest BCUT2D eigenvalue weighted by Gasteiger charge is 2.23. The van der Waals surface area contributed by atoms with E-state index in [1.54, 1.807) is 0 Å². The Morgan fingerprint density at radius 3 is 2.63 bits per heavy atom. The first kappa shape index (κ1) is 13.5. The third-order valence-corrected chi connectivity index (χ3v) is 3.19. The van der Waals surface area contributed by atoms with Crippen LogP contribution in [0.3, 0.4) is 0 Å². The third kappa shape index (κ3) is 3.30. The Balaban J connectivity index is 2.32. The second kappa shape index (κ2) is 6.31. The number of hydrogen-bond acceptors (Lipinski definition) is 6. The van der Waals surface area contributed by atoms with E-state index in [0.29, 0.717) is 18.3 Å². The van der Waals surface area contributed by atoms with Crippen LogP contribution in [-0.4, -0.2) is 34.5 Å². The van der Waals surface area contributed by atoms with Crippen molar-refractivity contribution in [2.45, 2.75) is 32.6 Å². The summed E-state index contributed by atoms with van der Waals surface area (Å²) in [7, 11) is 0. The highest BCUT2D eigenvalue weighted by Crippen LogP contribution is 2.28. The lowest BCUT2D eigenvalue weighted by atomic mass is 10.2. The molecule has 0 bridgehead atoms. The topological polar surface area (TPSA) is 84.2 Å². The molecule has 0 unspecified atom stereocenters. The minimum atomic E-state index is -0.407. The normalized spacial score (nSPS) is 15.9. The summed E-state index contributed by atoms with van der Waals surface area (Å²) in [4.78, 5) is 21.0. The summed E-state index contributed by atoms with van der Waals surface area (Å²) in [6, 6.07) is 0. The van der Waals surface area contributed by atoms with Crippen LogP contribution in [0.25, 0.3) is 0 Å². The van der Waals surface area contributed by atoms with E-state index >= 15 is 0 Å². The highest BCUT2D eigenvalue weighted by molar-refractivity contribution is 5.59. The second-order valence-corrected chi connectivity index (χ2v) is 4.59. The number of aromatic nitrogens is 2. The van der Waals surface area contributed by atoms with Crippen molar-refractivity contribution in [1.29, 1.82) is 0 Å². The van der Waals surface area contributed by atoms with Crippen molar-refractivity contribution in [1.82, 2.24) is 9.97 Å². The van der Waals surface area contributed by atoms with Crippen molar-refractivity contribution < 1.29 is 4.92 Å². The zero-order valence-corrected chi connectivity index (χ0v) is 11.1. The van der Waals surface area contributed by atoms with Crippen molar-refractivity contribution >= 4 is 17.5 Å². The fourth-order valence-corrected chi connectivity index (χ4v) is 2.25. The molecule has 1 aliphatic rings. The molecule has 0 aliphatic carbocycles. The maximum absolute atomic E-state index is 11.1. The van der Waals surface area contributed by atoms with E-state index in [4.69, 9.17) is 0 Å². The van der Waals surface area contributed by atoms with Crippen LogP contribution < -0.4 is 10.2 Å². The highest BCUT2D eigenvalue weighted by atomic mass is 16.6. The van der Waals surface area contributed by atoms with Gasteiger partial charge in [-0.3, -0.25) is 10.1 Å². The quantitative estimate of drug-likeness (QED) is 0.663. The fourth-order valence-electron chi connectivity index (χ4n) is 2.25. The van der Waals surface area contributed by atoms with Crippen molar-refractivity contribution in [3.05, 3.63) is 16.3 Å². The van der Waals surface area contributed by atoms with Gasteiger partial charge in [0.2, 0.25) is 11.8 Å². The third-order valence-electron chi connectivity index (χ3n) is 3.19. The molecule has 0 aromatic carbocycles. The minimum absolute atomic E-state index is 0.0106. The fraction of sp³-hybridized carbons (Fsp3) is 0.667. The number of hydrogen-bond donors (Lipinski definition) is 1. The lowest BCUT2D eigenvalue weighted by Crippen LogP contribution is -2.26. The molecule has 7 heteroatoms. The predicted molar refractivity (Wildman–Crippen MR) is 73.5 cm³/mol. The number of nitrogens with zero attached hydrogens (tertiary/aromatic N) is 4. The van der Waals surface area contributed by atoms with Crippen LogP contribution in [0.15, 0.2) is 6.20 Å². The SMILES string of the molecule is CCNc1ncc([N+](=O)[O-])c(N2CCCCCC2)n1. The number of rotatable bonds is 4. The van der Waals surface area contributed by atoms with Gasteiger partial charge in [-0.05, 0) is 19.8 Å². The van der Waals surface area contributed by atoms with E-state index in [9.17, 15) is 10.1 Å². The van der Waals surface area contributed by atoms with Gasteiger partial charge in [0, 0.05) is 19.6 Å². The molecule has 0 spiro atoms. The van der Waals surface area contributed by atoms with Gasteiger partial charge in [0.15, 0.2) is 0 Å². The Morgan fingerprint density at radius 2 is 2.05 bits per heavy atom. The summed E-state index contributed by atoms with van der Waals surface area (Å²) in [6.45, 7) is 4.28. The zero-order valence-electron chi connectivity index (χ0n) is 11.1. The molecular weight excluding hydrogens is 246 g/mol. The van der Waals surface area contributed by atoms with E-state index in [2.05, 4.69) is 15.3 Å². The summed E-state index contributed by atoms with van der Waals surface area (Å²) in [5.74, 6) is 0.894. The molecule has 2 rings (SSSR count). The summed E-state index contributed by atoms with van der Waals surface area (Å²) in [6.07, 6.45) is 5.76. The molecule has 1 fully saturated rings. The molecule has 0 radical (unpaired) electrons. The Bertz CT molecular complexity index is 444. The Kier molecular flexibility index (Phi) is 4.48. The summed E-state index contributed by atoms with van der Waals surface area (Å²) in [5, 5.41) is 14.1. The molecule has 1 saturated heterocycles. The van der Waals surface area contributed by atoms with E-state index in [-0.39, 0.29) is 5.69 Å². The number of nitro groups is 1. The lowest BCUT2D eigenvalue weighted by Gasteiger charge is -2.21. The molecule has 7 nitrogen and oxygen atoms in total. The van der Waals surface area contributed by atoms with Gasteiger partial charge in [-0.2, -0.15) is 4.98 Å². The van der Waals surface area contributed by atoms with Crippen LogP contribution >= 0.6 is 0 Å². The Morgan fingerprint density at radius 1 is 1.37 bits per heavy atom. The van der Waals surface area contributed by atoms with Gasteiger partial charge >= 0.3 is 5.69 Å². The largest absolute Gasteiger partial charge is 0.354 e. The first-order valence-corrected chi connectivity index (χ1v) is 6.72. The predicted octanol–water partition coefficient (Wildman–Crippen LogP) is 2.20. The van der Waals surface area contributed by atoms with Crippen LogP contribution in [-0.2, 0) is 0 Å². The van der Waals surface area contributed by atoms with Crippen LogP contribution in [0.2, 0.25) is 0 Å². The smallest absolute Gasteiger partial charge is 0.329 e. The van der Waals surface area contributed by atoms with E-state index < -0.39 is 4.92 Å². The molecule has 1 aromatic rings. The van der Waals surface area contributed by atoms with Crippen molar-refractivity contribution in [3.63, 3.8) is 0 Å². The molecule has 104 valence electrons. The van der Waals surface area contributed by atoms with Gasteiger partial charge in [0.05, 0.1) is 4.92 Å². The molecule has 1 N–H and O–H groups in total. The van der Waals surface area contributed by atoms with Crippen molar-refractivity contribution in [3.8, 4) is 0 Å². The van der Waals surface area contributed by atoms with Crippen LogP contribution in [0.1, 0.15) is 32.6 Å². The summed E-state index contributed by atoms with van der Waals surface area (Å²) in [5.41, 5.74) is -0.0106. The van der Waals surface area contributed by atoms with E-state index in [0.717, 1.165) is 25.9 Å². The Hall–Kier alpha value is -1.92. The maximum Gasteiger partial charge on any atom is 0.329 e. The van der Waals surface area contributed by atoms with Crippen LogP contribution in [0.5, 0.6) is 0 Å². The Labute approximate surface area is 112 Å². The van der Waals surface area contributed by atoms with Crippen LogP contribution in [0.4, 0.5) is 17.5 Å². The van der Waals surface area contributed by atoms with E-state index in [1.807, 2.05) is 11.8 Å². The first-order chi connectivity index (χ1) is 9.22. The van der Waals surface area contributed by atoms with E-state index in [1.165, 1.54) is 19.0 Å². The van der Waals surface area contributed by atoms with Crippen molar-refractivity contribution in [2.24, 2.45) is 0 Å². The van der Waals surface area contributed by atoms with Crippen molar-refractivity contribution in [2.75, 3.05) is 29.9 Å². The van der Waals surface area contributed by atoms with Gasteiger partial charge in [0.1, 0.15) is 6.20 Å². The molecular formula is C12H19N5O2. The standard InChI is InChI=1S/C12H19N5O2/c1-2-13-12-14-9-10(17(18)19)11(15-12)16-7-5-3-4-6-8-16/h9H,2-8H2,1H3,(H,13,14,15). The molecule has 0 atom stereocenters. The maximum atomic E-state index is 11.1. The number of anilines is 2. The van der Waals surface area contributed by atoms with Gasteiger partial charge in [-0.15, -0.1) is 0 Å². The average molecular weight is 265 g/mol. The van der Waals surface area contributed by atoms with Gasteiger partial charge < -0.3 is 10.2 Å². The minimum Gasteiger partial charge on any atom is -0.354 e. The molecule has 0 saturated carbocycles. The first-order valence-electron chi connectivity index (χ1n) is 6.72. The average Bonchev–Trinajstić information content (AvgIpc) is 2.67. The molecule has 1 aromatic heterocycles. The molecule has 2 heterocycles. The van der Waals surface area contributed by atoms with Crippen LogP contribution in [0, 0.1) is 10.1 Å². The molecule has 19 heavy (non-hydrogen) atoms. The number of nitrogens with one attached hydrogen (secondary N) is 1. The molecule has 0 amide bonds. The summed E-state index contributed by atoms with van der Waals surface area (Å²) < 4.78 is 0. The van der Waals surface area contributed by atoms with Gasteiger partial charge in [0.25, 0.3) is 0 Å². The monoisotopic (exact) mass is 265 g/mol. The van der Waals surface area contributed by atoms with Gasteiger partial charge in [-0.1, -0.05) is 12.8 Å².